The van der Waals surface area contributed by atoms with Crippen LogP contribution in [0.3, 0.4) is 0 Å². The van der Waals surface area contributed by atoms with E-state index in [1.807, 2.05) is 25.1 Å². The maximum Gasteiger partial charge on any atom is 0.161 e. The van der Waals surface area contributed by atoms with Crippen molar-refractivity contribution in [1.29, 1.82) is 0 Å². The Morgan fingerprint density at radius 1 is 1.31 bits per heavy atom. The van der Waals surface area contributed by atoms with E-state index < -0.39 is 7.92 Å². The number of hydrogen-bond acceptors (Lipinski definition) is 1. The first-order chi connectivity index (χ1) is 6.29. The Balaban J connectivity index is 2.24. The van der Waals surface area contributed by atoms with Gasteiger partial charge in [-0.1, -0.05) is 37.3 Å². The average molecular weight is 192 g/mol. The fourth-order valence-electron chi connectivity index (χ4n) is 1.69. The number of rotatable bonds is 1. The number of hydrogen-bond donors (Lipinski definition) is 0. The lowest BCUT2D eigenvalue weighted by molar-refractivity contribution is -0.113. The molecule has 0 amide bonds. The summed E-state index contributed by atoms with van der Waals surface area (Å²) in [7, 11) is -0.480. The summed E-state index contributed by atoms with van der Waals surface area (Å²) >= 11 is 0. The molecule has 0 saturated carbocycles. The molecule has 1 heterocycles. The highest BCUT2D eigenvalue weighted by atomic mass is 31.1. The highest BCUT2D eigenvalue weighted by Crippen LogP contribution is 2.46. The molecule has 1 nitrogen and oxygen atoms in total. The van der Waals surface area contributed by atoms with Crippen molar-refractivity contribution < 1.29 is 4.79 Å². The van der Waals surface area contributed by atoms with E-state index in [2.05, 4.69) is 12.1 Å². The van der Waals surface area contributed by atoms with Crippen LogP contribution in [0.4, 0.5) is 0 Å². The predicted octanol–water partition coefficient (Wildman–Crippen LogP) is 2.36. The molecule has 1 aliphatic rings. The van der Waals surface area contributed by atoms with Crippen molar-refractivity contribution in [1.82, 2.24) is 0 Å². The normalized spacial score (nSPS) is 27.9. The number of carbonyl (C=O) groups is 1. The van der Waals surface area contributed by atoms with Crippen LogP contribution in [0.25, 0.3) is 0 Å². The van der Waals surface area contributed by atoms with Gasteiger partial charge >= 0.3 is 0 Å². The fraction of sp³-hybridized carbons (Fsp3) is 0.364. The van der Waals surface area contributed by atoms with Gasteiger partial charge in [0, 0.05) is 5.92 Å². The van der Waals surface area contributed by atoms with Crippen LogP contribution in [0.1, 0.15) is 13.3 Å². The molecule has 0 aliphatic carbocycles. The van der Waals surface area contributed by atoms with Gasteiger partial charge in [-0.3, -0.25) is 4.79 Å². The molecule has 1 saturated heterocycles. The lowest BCUT2D eigenvalue weighted by Gasteiger charge is -2.08. The van der Waals surface area contributed by atoms with Crippen LogP contribution in [0.5, 0.6) is 0 Å². The van der Waals surface area contributed by atoms with E-state index in [4.69, 9.17) is 0 Å². The molecule has 0 aromatic heterocycles. The lowest BCUT2D eigenvalue weighted by Crippen LogP contribution is -2.07. The molecule has 13 heavy (non-hydrogen) atoms. The quantitative estimate of drug-likeness (QED) is 0.624. The van der Waals surface area contributed by atoms with Gasteiger partial charge in [0.15, 0.2) is 5.52 Å². The highest BCUT2D eigenvalue weighted by molar-refractivity contribution is 7.81. The topological polar surface area (TPSA) is 17.1 Å². The predicted molar refractivity (Wildman–Crippen MR) is 56.7 cm³/mol. The number of benzene rings is 1. The van der Waals surface area contributed by atoms with Crippen molar-refractivity contribution in [2.45, 2.75) is 13.3 Å². The molecule has 2 unspecified atom stereocenters. The van der Waals surface area contributed by atoms with Gasteiger partial charge in [-0.15, -0.1) is 0 Å². The monoisotopic (exact) mass is 192 g/mol. The van der Waals surface area contributed by atoms with Crippen molar-refractivity contribution in [3.63, 3.8) is 0 Å². The Hall–Kier alpha value is -0.680. The summed E-state index contributed by atoms with van der Waals surface area (Å²) in [6.07, 6.45) is 2.18. The standard InChI is InChI=1S/C11H13OP/c1-9-7-8-13(11(9)12)10-5-3-2-4-6-10/h2-6,9H,7-8H2,1H3. The van der Waals surface area contributed by atoms with E-state index in [1.54, 1.807) is 0 Å². The van der Waals surface area contributed by atoms with Crippen LogP contribution in [-0.2, 0) is 4.79 Å². The van der Waals surface area contributed by atoms with Crippen LogP contribution in [-0.4, -0.2) is 11.7 Å². The van der Waals surface area contributed by atoms with Gasteiger partial charge in [0.05, 0.1) is 0 Å². The van der Waals surface area contributed by atoms with Crippen LogP contribution >= 0.6 is 7.92 Å². The first-order valence-corrected chi connectivity index (χ1v) is 6.18. The summed E-state index contributed by atoms with van der Waals surface area (Å²) in [5.41, 5.74) is 0.487. The summed E-state index contributed by atoms with van der Waals surface area (Å²) in [6, 6.07) is 10.2. The molecular formula is C11H13OP. The third kappa shape index (κ3) is 1.66. The van der Waals surface area contributed by atoms with E-state index >= 15 is 0 Å². The van der Waals surface area contributed by atoms with E-state index in [0.717, 1.165) is 12.6 Å². The second-order valence-corrected chi connectivity index (χ2v) is 5.78. The van der Waals surface area contributed by atoms with Crippen LogP contribution in [0.2, 0.25) is 0 Å². The smallest absolute Gasteiger partial charge is 0.161 e. The van der Waals surface area contributed by atoms with E-state index in [-0.39, 0.29) is 0 Å². The van der Waals surface area contributed by atoms with Crippen molar-refractivity contribution in [2.75, 3.05) is 6.16 Å². The van der Waals surface area contributed by atoms with Crippen LogP contribution < -0.4 is 5.30 Å². The third-order valence-electron chi connectivity index (χ3n) is 2.54. The van der Waals surface area contributed by atoms with Gasteiger partial charge < -0.3 is 0 Å². The summed E-state index contributed by atoms with van der Waals surface area (Å²) in [4.78, 5) is 11.7. The summed E-state index contributed by atoms with van der Waals surface area (Å²) in [6.45, 7) is 2.05. The first kappa shape index (κ1) is 8.90. The molecule has 1 fully saturated rings. The molecule has 0 bridgehead atoms. The highest BCUT2D eigenvalue weighted by Gasteiger charge is 2.31. The second kappa shape index (κ2) is 3.59. The molecule has 1 aliphatic heterocycles. The zero-order chi connectivity index (χ0) is 9.26. The summed E-state index contributed by atoms with van der Waals surface area (Å²) < 4.78 is 0. The van der Waals surface area contributed by atoms with Gasteiger partial charge in [0.25, 0.3) is 0 Å². The van der Waals surface area contributed by atoms with Gasteiger partial charge in [-0.05, 0) is 25.8 Å². The Labute approximate surface area is 79.9 Å². The number of carbonyl (C=O) groups excluding carboxylic acids is 1. The van der Waals surface area contributed by atoms with Crippen LogP contribution in [0.15, 0.2) is 30.3 Å². The Bertz CT molecular complexity index is 307. The fourth-order valence-corrected chi connectivity index (χ4v) is 4.26. The average Bonchev–Trinajstić information content (AvgIpc) is 2.49. The zero-order valence-electron chi connectivity index (χ0n) is 7.73. The Morgan fingerprint density at radius 2 is 2.00 bits per heavy atom. The van der Waals surface area contributed by atoms with E-state index in [9.17, 15) is 4.79 Å². The molecule has 1 aromatic rings. The molecular weight excluding hydrogens is 179 g/mol. The Kier molecular flexibility index (Phi) is 2.46. The van der Waals surface area contributed by atoms with Gasteiger partial charge in [-0.2, -0.15) is 0 Å². The van der Waals surface area contributed by atoms with Crippen molar-refractivity contribution in [2.24, 2.45) is 5.92 Å². The Morgan fingerprint density at radius 3 is 2.54 bits per heavy atom. The minimum atomic E-state index is -0.480. The minimum absolute atomic E-state index is 0.298. The molecule has 68 valence electrons. The first-order valence-electron chi connectivity index (χ1n) is 4.65. The minimum Gasteiger partial charge on any atom is -0.294 e. The molecule has 0 radical (unpaired) electrons. The van der Waals surface area contributed by atoms with Crippen molar-refractivity contribution in [3.05, 3.63) is 30.3 Å². The maximum atomic E-state index is 11.7. The molecule has 1 aromatic carbocycles. The van der Waals surface area contributed by atoms with Gasteiger partial charge in [0.1, 0.15) is 0 Å². The molecule has 0 spiro atoms. The van der Waals surface area contributed by atoms with E-state index in [1.165, 1.54) is 5.30 Å². The van der Waals surface area contributed by atoms with E-state index in [0.29, 0.717) is 11.4 Å². The van der Waals surface area contributed by atoms with Crippen molar-refractivity contribution >= 4 is 18.8 Å². The molecule has 2 heteroatoms. The van der Waals surface area contributed by atoms with Crippen LogP contribution in [0, 0.1) is 5.92 Å². The SMILES string of the molecule is CC1CCP(c2ccccc2)C1=O. The molecule has 0 N–H and O–H groups in total. The molecule has 2 atom stereocenters. The van der Waals surface area contributed by atoms with Crippen molar-refractivity contribution in [3.8, 4) is 0 Å². The maximum absolute atomic E-state index is 11.7. The lowest BCUT2D eigenvalue weighted by atomic mass is 10.2. The molecule has 2 rings (SSSR count). The zero-order valence-corrected chi connectivity index (χ0v) is 8.63. The second-order valence-electron chi connectivity index (χ2n) is 3.52. The summed E-state index contributed by atoms with van der Waals surface area (Å²) in [5, 5.41) is 1.26. The summed E-state index contributed by atoms with van der Waals surface area (Å²) in [5.74, 6) is 0.298. The van der Waals surface area contributed by atoms with Gasteiger partial charge in [0.2, 0.25) is 0 Å². The van der Waals surface area contributed by atoms with Gasteiger partial charge in [-0.25, -0.2) is 0 Å². The third-order valence-corrected chi connectivity index (χ3v) is 5.14. The largest absolute Gasteiger partial charge is 0.294 e.